The third kappa shape index (κ3) is 3.30. The van der Waals surface area contributed by atoms with Crippen molar-refractivity contribution < 1.29 is 4.79 Å². The zero-order valence-electron chi connectivity index (χ0n) is 14.3. The fourth-order valence-electron chi connectivity index (χ4n) is 2.79. The summed E-state index contributed by atoms with van der Waals surface area (Å²) in [5, 5.41) is 15.6. The lowest BCUT2D eigenvalue weighted by molar-refractivity contribution is -0.115. The molecule has 2 aromatic heterocycles. The number of fused-ring (bicyclic) bond motifs is 1. The number of hydrogen-bond acceptors (Lipinski definition) is 4. The molecule has 2 aromatic carbocycles. The minimum atomic E-state index is -0.0496. The Morgan fingerprint density at radius 2 is 1.85 bits per heavy atom. The maximum absolute atomic E-state index is 12.3. The molecule has 26 heavy (non-hydrogen) atoms. The molecule has 0 fully saturated rings. The third-order valence-electron chi connectivity index (χ3n) is 4.07. The summed E-state index contributed by atoms with van der Waals surface area (Å²) in [7, 11) is 0. The van der Waals surface area contributed by atoms with E-state index in [0.29, 0.717) is 12.1 Å². The summed E-state index contributed by atoms with van der Waals surface area (Å²) < 4.78 is 1.70. The quantitative estimate of drug-likeness (QED) is 0.617. The normalized spacial score (nSPS) is 10.8. The Kier molecular flexibility index (Phi) is 4.15. The number of nitrogens with one attached hydrogen (secondary N) is 1. The lowest BCUT2D eigenvalue weighted by Crippen LogP contribution is -2.14. The van der Waals surface area contributed by atoms with Gasteiger partial charge in [-0.25, -0.2) is 0 Å². The topological polar surface area (TPSA) is 72.2 Å². The largest absolute Gasteiger partial charge is 0.326 e. The lowest BCUT2D eigenvalue weighted by Gasteiger charge is -2.08. The zero-order chi connectivity index (χ0) is 17.9. The van der Waals surface area contributed by atoms with Crippen LogP contribution < -0.4 is 5.32 Å². The monoisotopic (exact) mass is 343 g/mol. The van der Waals surface area contributed by atoms with Gasteiger partial charge in [-0.3, -0.25) is 4.79 Å². The van der Waals surface area contributed by atoms with Crippen LogP contribution in [-0.2, 0) is 11.2 Å². The van der Waals surface area contributed by atoms with Crippen LogP contribution >= 0.6 is 0 Å². The van der Waals surface area contributed by atoms with Crippen molar-refractivity contribution in [1.29, 1.82) is 0 Å². The highest BCUT2D eigenvalue weighted by molar-refractivity contribution is 5.92. The fourth-order valence-corrected chi connectivity index (χ4v) is 2.79. The number of nitrogens with zero attached hydrogens (tertiary/aromatic N) is 4. The summed E-state index contributed by atoms with van der Waals surface area (Å²) in [4.78, 5) is 12.3. The van der Waals surface area contributed by atoms with E-state index in [1.54, 1.807) is 4.52 Å². The first-order chi connectivity index (χ1) is 12.7. The van der Waals surface area contributed by atoms with Crippen LogP contribution in [0.5, 0.6) is 0 Å². The fraction of sp³-hybridized carbons (Fsp3) is 0.100. The van der Waals surface area contributed by atoms with Crippen LogP contribution in [-0.4, -0.2) is 25.7 Å². The molecule has 0 spiro atoms. The van der Waals surface area contributed by atoms with Gasteiger partial charge in [0.1, 0.15) is 0 Å². The van der Waals surface area contributed by atoms with Gasteiger partial charge in [-0.1, -0.05) is 42.5 Å². The van der Waals surface area contributed by atoms with E-state index in [1.165, 1.54) is 0 Å². The van der Waals surface area contributed by atoms with Gasteiger partial charge in [0.05, 0.1) is 12.1 Å². The first-order valence-electron chi connectivity index (χ1n) is 8.32. The molecule has 4 rings (SSSR count). The summed E-state index contributed by atoms with van der Waals surface area (Å²) in [5.74, 6) is 0.681. The first-order valence-corrected chi connectivity index (χ1v) is 8.32. The standard InChI is InChI=1S/C20H17N5O/c1-14-22-23-19-11-10-18(24-25(14)19)16-8-5-9-17(13-16)21-20(26)12-15-6-3-2-4-7-15/h2-11,13H,12H2,1H3,(H,21,26). The second-order valence-electron chi connectivity index (χ2n) is 6.03. The molecule has 128 valence electrons. The van der Waals surface area contributed by atoms with E-state index in [9.17, 15) is 4.79 Å². The van der Waals surface area contributed by atoms with Crippen molar-refractivity contribution in [3.8, 4) is 11.3 Å². The van der Waals surface area contributed by atoms with Gasteiger partial charge in [0.2, 0.25) is 5.91 Å². The van der Waals surface area contributed by atoms with Gasteiger partial charge in [0.15, 0.2) is 11.5 Å². The number of aromatic nitrogens is 4. The van der Waals surface area contributed by atoms with Gasteiger partial charge in [-0.15, -0.1) is 10.2 Å². The third-order valence-corrected chi connectivity index (χ3v) is 4.07. The summed E-state index contributed by atoms with van der Waals surface area (Å²) in [6.45, 7) is 1.86. The van der Waals surface area contributed by atoms with Crippen molar-refractivity contribution in [2.75, 3.05) is 5.32 Å². The number of benzene rings is 2. The van der Waals surface area contributed by atoms with Crippen LogP contribution in [0.1, 0.15) is 11.4 Å². The molecule has 0 aliphatic carbocycles. The number of aryl methyl sites for hydroxylation is 1. The van der Waals surface area contributed by atoms with E-state index < -0.39 is 0 Å². The Morgan fingerprint density at radius 1 is 1.00 bits per heavy atom. The molecule has 0 radical (unpaired) electrons. The van der Waals surface area contributed by atoms with E-state index in [0.717, 1.165) is 28.3 Å². The highest BCUT2D eigenvalue weighted by atomic mass is 16.1. The Morgan fingerprint density at radius 3 is 2.69 bits per heavy atom. The lowest BCUT2D eigenvalue weighted by atomic mass is 10.1. The molecule has 0 saturated carbocycles. The summed E-state index contributed by atoms with van der Waals surface area (Å²) in [5.41, 5.74) is 4.14. The van der Waals surface area contributed by atoms with Gasteiger partial charge in [-0.2, -0.15) is 9.61 Å². The molecule has 6 heteroatoms. The number of amides is 1. The van der Waals surface area contributed by atoms with Crippen molar-refractivity contribution in [3.63, 3.8) is 0 Å². The Balaban J connectivity index is 1.55. The highest BCUT2D eigenvalue weighted by Gasteiger charge is 2.08. The maximum Gasteiger partial charge on any atom is 0.228 e. The highest BCUT2D eigenvalue weighted by Crippen LogP contribution is 2.21. The maximum atomic E-state index is 12.3. The van der Waals surface area contributed by atoms with E-state index in [-0.39, 0.29) is 5.91 Å². The molecular weight excluding hydrogens is 326 g/mol. The number of hydrogen-bond donors (Lipinski definition) is 1. The zero-order valence-corrected chi connectivity index (χ0v) is 14.3. The molecule has 0 aliphatic heterocycles. The molecular formula is C20H17N5O. The van der Waals surface area contributed by atoms with Crippen molar-refractivity contribution in [1.82, 2.24) is 19.8 Å². The smallest absolute Gasteiger partial charge is 0.228 e. The molecule has 2 heterocycles. The second-order valence-corrected chi connectivity index (χ2v) is 6.03. The van der Waals surface area contributed by atoms with Crippen molar-refractivity contribution >= 4 is 17.2 Å². The summed E-state index contributed by atoms with van der Waals surface area (Å²) in [6.07, 6.45) is 0.342. The summed E-state index contributed by atoms with van der Waals surface area (Å²) in [6, 6.07) is 21.1. The minimum Gasteiger partial charge on any atom is -0.326 e. The van der Waals surface area contributed by atoms with Gasteiger partial charge in [0, 0.05) is 11.3 Å². The van der Waals surface area contributed by atoms with Gasteiger partial charge in [0.25, 0.3) is 0 Å². The first kappa shape index (κ1) is 16.0. The van der Waals surface area contributed by atoms with E-state index in [2.05, 4.69) is 20.6 Å². The van der Waals surface area contributed by atoms with E-state index in [1.807, 2.05) is 73.7 Å². The van der Waals surface area contributed by atoms with Crippen LogP contribution in [0.25, 0.3) is 16.9 Å². The minimum absolute atomic E-state index is 0.0496. The average Bonchev–Trinajstić information content (AvgIpc) is 3.03. The molecule has 0 atom stereocenters. The van der Waals surface area contributed by atoms with Crippen LogP contribution in [0.3, 0.4) is 0 Å². The molecule has 1 N–H and O–H groups in total. The second kappa shape index (κ2) is 6.76. The van der Waals surface area contributed by atoms with Crippen molar-refractivity contribution in [3.05, 3.63) is 78.1 Å². The van der Waals surface area contributed by atoms with Gasteiger partial charge >= 0.3 is 0 Å². The predicted octanol–water partition coefficient (Wildman–Crippen LogP) is 3.28. The Bertz CT molecular complexity index is 1070. The number of rotatable bonds is 4. The van der Waals surface area contributed by atoms with Crippen LogP contribution in [0.15, 0.2) is 66.7 Å². The van der Waals surface area contributed by atoms with Crippen LogP contribution in [0.2, 0.25) is 0 Å². The van der Waals surface area contributed by atoms with Gasteiger partial charge < -0.3 is 5.32 Å². The van der Waals surface area contributed by atoms with Crippen molar-refractivity contribution in [2.45, 2.75) is 13.3 Å². The Labute approximate surface area is 150 Å². The number of carbonyl (C=O) groups excluding carboxylic acids is 1. The molecule has 1 amide bonds. The van der Waals surface area contributed by atoms with Gasteiger partial charge in [-0.05, 0) is 36.8 Å². The molecule has 6 nitrogen and oxygen atoms in total. The molecule has 0 unspecified atom stereocenters. The predicted molar refractivity (Wildman–Crippen MR) is 99.7 cm³/mol. The van der Waals surface area contributed by atoms with E-state index in [4.69, 9.17) is 0 Å². The molecule has 4 aromatic rings. The Hall–Kier alpha value is -3.54. The number of anilines is 1. The van der Waals surface area contributed by atoms with Crippen molar-refractivity contribution in [2.24, 2.45) is 0 Å². The molecule has 0 aliphatic rings. The summed E-state index contributed by atoms with van der Waals surface area (Å²) >= 11 is 0. The van der Waals surface area contributed by atoms with Crippen LogP contribution in [0.4, 0.5) is 5.69 Å². The molecule has 0 saturated heterocycles. The number of carbonyl (C=O) groups is 1. The SMILES string of the molecule is Cc1nnc2ccc(-c3cccc(NC(=O)Cc4ccccc4)c3)nn12. The average molecular weight is 343 g/mol. The van der Waals surface area contributed by atoms with Crippen LogP contribution in [0, 0.1) is 6.92 Å². The van der Waals surface area contributed by atoms with E-state index >= 15 is 0 Å². The molecule has 0 bridgehead atoms.